The predicted octanol–water partition coefficient (Wildman–Crippen LogP) is 2.32. The molecule has 0 spiro atoms. The number of esters is 1. The molecule has 4 aromatic rings. The molecule has 11 nitrogen and oxygen atoms in total. The number of nitrogens with zero attached hydrogens (tertiary/aromatic N) is 4. The summed E-state index contributed by atoms with van der Waals surface area (Å²) in [6, 6.07) is 14.1. The van der Waals surface area contributed by atoms with Gasteiger partial charge in [-0.2, -0.15) is 0 Å². The number of anilines is 2. The van der Waals surface area contributed by atoms with Crippen molar-refractivity contribution in [2.75, 3.05) is 16.6 Å². The Labute approximate surface area is 194 Å². The summed E-state index contributed by atoms with van der Waals surface area (Å²) >= 11 is 0. The second kappa shape index (κ2) is 9.58. The van der Waals surface area contributed by atoms with E-state index in [9.17, 15) is 18.0 Å². The van der Waals surface area contributed by atoms with Crippen LogP contribution in [0.5, 0.6) is 0 Å². The number of rotatable bonds is 7. The number of hydrogen-bond acceptors (Lipinski definition) is 9. The zero-order valence-electron chi connectivity index (χ0n) is 17.8. The number of benzene rings is 2. The SMILES string of the molecule is Cc1ccnc(NS(=O)(=O)c2ccc(NC(=O)COC(=O)c3cnc4ccccc4n3)cc2)n1. The van der Waals surface area contributed by atoms with Crippen LogP contribution in [-0.2, 0) is 19.6 Å². The smallest absolute Gasteiger partial charge is 0.359 e. The number of para-hydroxylation sites is 2. The topological polar surface area (TPSA) is 153 Å². The third-order valence-electron chi connectivity index (χ3n) is 4.46. The molecule has 0 atom stereocenters. The van der Waals surface area contributed by atoms with Gasteiger partial charge in [-0.25, -0.2) is 32.9 Å². The molecule has 172 valence electrons. The highest BCUT2D eigenvalue weighted by molar-refractivity contribution is 7.92. The maximum Gasteiger partial charge on any atom is 0.359 e. The Balaban J connectivity index is 1.33. The van der Waals surface area contributed by atoms with Crippen LogP contribution in [0.25, 0.3) is 11.0 Å². The van der Waals surface area contributed by atoms with E-state index in [2.05, 4.69) is 30.0 Å². The number of nitrogens with one attached hydrogen (secondary N) is 2. The van der Waals surface area contributed by atoms with Gasteiger partial charge in [-0.05, 0) is 49.4 Å². The average Bonchev–Trinajstić information content (AvgIpc) is 2.82. The highest BCUT2D eigenvalue weighted by Crippen LogP contribution is 2.17. The monoisotopic (exact) mass is 478 g/mol. The summed E-state index contributed by atoms with van der Waals surface area (Å²) < 4.78 is 32.3. The quantitative estimate of drug-likeness (QED) is 0.381. The third-order valence-corrected chi connectivity index (χ3v) is 5.80. The lowest BCUT2D eigenvalue weighted by molar-refractivity contribution is -0.119. The summed E-state index contributed by atoms with van der Waals surface area (Å²) in [5.74, 6) is -1.45. The van der Waals surface area contributed by atoms with E-state index in [1.54, 1.807) is 37.3 Å². The number of carbonyl (C=O) groups excluding carboxylic acids is 2. The Morgan fingerprint density at radius 3 is 2.41 bits per heavy atom. The van der Waals surface area contributed by atoms with E-state index in [0.717, 1.165) is 0 Å². The fourth-order valence-electron chi connectivity index (χ4n) is 2.85. The van der Waals surface area contributed by atoms with Crippen LogP contribution >= 0.6 is 0 Å². The van der Waals surface area contributed by atoms with Crippen molar-refractivity contribution in [3.63, 3.8) is 0 Å². The molecule has 0 bridgehead atoms. The number of fused-ring (bicyclic) bond motifs is 1. The van der Waals surface area contributed by atoms with Gasteiger partial charge in [0.2, 0.25) is 5.95 Å². The summed E-state index contributed by atoms with van der Waals surface area (Å²) in [5.41, 5.74) is 2.06. The summed E-state index contributed by atoms with van der Waals surface area (Å²) in [6.45, 7) is 1.16. The van der Waals surface area contributed by atoms with Crippen molar-refractivity contribution in [2.24, 2.45) is 0 Å². The molecule has 0 saturated carbocycles. The van der Waals surface area contributed by atoms with Gasteiger partial charge in [0.25, 0.3) is 15.9 Å². The van der Waals surface area contributed by atoms with Crippen LogP contribution < -0.4 is 10.0 Å². The average molecular weight is 478 g/mol. The minimum absolute atomic E-state index is 0.0221. The second-order valence-electron chi connectivity index (χ2n) is 7.02. The van der Waals surface area contributed by atoms with Gasteiger partial charge in [-0.3, -0.25) is 9.78 Å². The Bertz CT molecular complexity index is 1470. The molecule has 4 rings (SSSR count). The van der Waals surface area contributed by atoms with Crippen LogP contribution in [-0.4, -0.2) is 46.8 Å². The first kappa shape index (κ1) is 22.7. The molecule has 34 heavy (non-hydrogen) atoms. The molecule has 0 aliphatic heterocycles. The highest BCUT2D eigenvalue weighted by Gasteiger charge is 2.17. The number of sulfonamides is 1. The summed E-state index contributed by atoms with van der Waals surface area (Å²) in [7, 11) is -3.91. The fraction of sp³-hybridized carbons (Fsp3) is 0.0909. The van der Waals surface area contributed by atoms with Crippen molar-refractivity contribution >= 4 is 44.6 Å². The van der Waals surface area contributed by atoms with Crippen molar-refractivity contribution < 1.29 is 22.7 Å². The first-order chi connectivity index (χ1) is 16.3. The Kier molecular flexibility index (Phi) is 6.41. The largest absolute Gasteiger partial charge is 0.451 e. The Morgan fingerprint density at radius 2 is 1.68 bits per heavy atom. The van der Waals surface area contributed by atoms with Gasteiger partial charge in [0.1, 0.15) is 0 Å². The van der Waals surface area contributed by atoms with Crippen LogP contribution in [0, 0.1) is 6.92 Å². The van der Waals surface area contributed by atoms with E-state index in [-0.39, 0.29) is 16.5 Å². The lowest BCUT2D eigenvalue weighted by atomic mass is 10.3. The van der Waals surface area contributed by atoms with E-state index in [1.165, 1.54) is 36.7 Å². The number of ether oxygens (including phenoxy) is 1. The van der Waals surface area contributed by atoms with E-state index < -0.39 is 28.5 Å². The van der Waals surface area contributed by atoms with Crippen LogP contribution in [0.1, 0.15) is 16.2 Å². The zero-order chi connectivity index (χ0) is 24.1. The summed E-state index contributed by atoms with van der Waals surface area (Å²) in [5, 5.41) is 2.52. The van der Waals surface area contributed by atoms with Gasteiger partial charge >= 0.3 is 5.97 Å². The molecule has 0 aliphatic rings. The molecule has 0 radical (unpaired) electrons. The molecule has 1 amide bonds. The fourth-order valence-corrected chi connectivity index (χ4v) is 3.80. The van der Waals surface area contributed by atoms with Gasteiger partial charge in [0.05, 0.1) is 22.1 Å². The van der Waals surface area contributed by atoms with Crippen molar-refractivity contribution in [1.82, 2.24) is 19.9 Å². The first-order valence-corrected chi connectivity index (χ1v) is 11.4. The molecule has 2 heterocycles. The molecule has 0 saturated heterocycles. The van der Waals surface area contributed by atoms with Gasteiger partial charge in [-0.15, -0.1) is 0 Å². The zero-order valence-corrected chi connectivity index (χ0v) is 18.6. The standard InChI is InChI=1S/C22H18N6O5S/c1-14-10-11-23-22(25-14)28-34(31,32)16-8-6-15(7-9-16)26-20(29)13-33-21(30)19-12-24-17-4-2-3-5-18(17)27-19/h2-12H,13H2,1H3,(H,26,29)(H,23,25,28). The second-order valence-corrected chi connectivity index (χ2v) is 8.70. The van der Waals surface area contributed by atoms with Gasteiger partial charge in [0.15, 0.2) is 12.3 Å². The molecule has 2 aromatic heterocycles. The van der Waals surface area contributed by atoms with Crippen molar-refractivity contribution in [3.8, 4) is 0 Å². The minimum atomic E-state index is -3.91. The van der Waals surface area contributed by atoms with Crippen LogP contribution in [0.15, 0.2) is 71.9 Å². The number of aromatic nitrogens is 4. The number of aryl methyl sites for hydroxylation is 1. The van der Waals surface area contributed by atoms with E-state index in [1.807, 2.05) is 0 Å². The van der Waals surface area contributed by atoms with Crippen LogP contribution in [0.2, 0.25) is 0 Å². The van der Waals surface area contributed by atoms with Crippen molar-refractivity contribution in [3.05, 3.63) is 78.4 Å². The molecule has 0 unspecified atom stereocenters. The van der Waals surface area contributed by atoms with Crippen molar-refractivity contribution in [1.29, 1.82) is 0 Å². The minimum Gasteiger partial charge on any atom is -0.451 e. The molecular formula is C22H18N6O5S. The molecule has 2 aromatic carbocycles. The van der Waals surface area contributed by atoms with E-state index in [4.69, 9.17) is 4.74 Å². The van der Waals surface area contributed by atoms with Gasteiger partial charge < -0.3 is 10.1 Å². The lowest BCUT2D eigenvalue weighted by Crippen LogP contribution is -2.21. The number of amides is 1. The molecule has 0 aliphatic carbocycles. The van der Waals surface area contributed by atoms with Crippen LogP contribution in [0.3, 0.4) is 0 Å². The third kappa shape index (κ3) is 5.48. The summed E-state index contributed by atoms with van der Waals surface area (Å²) in [4.78, 5) is 40.5. The highest BCUT2D eigenvalue weighted by atomic mass is 32.2. The maximum atomic E-state index is 12.5. The normalized spacial score (nSPS) is 11.1. The Hall–Kier alpha value is -4.45. The van der Waals surface area contributed by atoms with E-state index in [0.29, 0.717) is 22.4 Å². The Morgan fingerprint density at radius 1 is 0.941 bits per heavy atom. The van der Waals surface area contributed by atoms with Crippen molar-refractivity contribution in [2.45, 2.75) is 11.8 Å². The summed E-state index contributed by atoms with van der Waals surface area (Å²) in [6.07, 6.45) is 2.72. The first-order valence-electron chi connectivity index (χ1n) is 9.91. The lowest BCUT2D eigenvalue weighted by Gasteiger charge is -2.09. The molecule has 2 N–H and O–H groups in total. The number of hydrogen-bond donors (Lipinski definition) is 2. The van der Waals surface area contributed by atoms with Crippen LogP contribution in [0.4, 0.5) is 11.6 Å². The molecule has 12 heteroatoms. The van der Waals surface area contributed by atoms with Gasteiger partial charge in [-0.1, -0.05) is 12.1 Å². The maximum absolute atomic E-state index is 12.5. The van der Waals surface area contributed by atoms with E-state index >= 15 is 0 Å². The molecule has 0 fully saturated rings. The molecular weight excluding hydrogens is 460 g/mol. The number of carbonyl (C=O) groups is 2. The predicted molar refractivity (Wildman–Crippen MR) is 122 cm³/mol. The van der Waals surface area contributed by atoms with Gasteiger partial charge in [0, 0.05) is 17.6 Å².